The van der Waals surface area contributed by atoms with E-state index in [-0.39, 0.29) is 23.2 Å². The van der Waals surface area contributed by atoms with Crippen molar-refractivity contribution in [1.82, 2.24) is 15.1 Å². The Morgan fingerprint density at radius 2 is 1.87 bits per heavy atom. The number of nitrogens with one attached hydrogen (secondary N) is 1. The van der Waals surface area contributed by atoms with Crippen LogP contribution in [-0.4, -0.2) is 33.4 Å². The summed E-state index contributed by atoms with van der Waals surface area (Å²) in [7, 11) is 0. The topological polar surface area (TPSA) is 84.2 Å². The maximum atomic E-state index is 12.2. The van der Waals surface area contributed by atoms with Crippen LogP contribution >= 0.6 is 0 Å². The van der Waals surface area contributed by atoms with Crippen LogP contribution in [0.25, 0.3) is 5.69 Å². The number of benzene rings is 1. The van der Waals surface area contributed by atoms with Gasteiger partial charge < -0.3 is 10.4 Å². The molecule has 0 saturated heterocycles. The van der Waals surface area contributed by atoms with Crippen molar-refractivity contribution >= 4 is 5.91 Å². The lowest BCUT2D eigenvalue weighted by molar-refractivity contribution is 0.0585. The maximum Gasteiger partial charge on any atom is 0.271 e. The monoisotopic (exact) mass is 315 g/mol. The predicted molar refractivity (Wildman–Crippen MR) is 87.6 cm³/mol. The number of hydrogen-bond acceptors (Lipinski definition) is 4. The smallest absolute Gasteiger partial charge is 0.271 e. The molecule has 1 atom stereocenters. The minimum absolute atomic E-state index is 0.120. The molecule has 6 heteroatoms. The third-order valence-corrected chi connectivity index (χ3v) is 3.49. The van der Waals surface area contributed by atoms with Crippen LogP contribution in [0.15, 0.2) is 47.3 Å². The lowest BCUT2D eigenvalue weighted by Crippen LogP contribution is -2.40. The van der Waals surface area contributed by atoms with Crippen LogP contribution < -0.4 is 10.9 Å². The first-order valence-electron chi connectivity index (χ1n) is 7.41. The summed E-state index contributed by atoms with van der Waals surface area (Å²) in [6.45, 7) is 5.78. The molecule has 0 aliphatic rings. The molecule has 6 nitrogen and oxygen atoms in total. The average molecular weight is 315 g/mol. The number of aliphatic hydroxyl groups excluding tert-OH is 1. The molecule has 122 valence electrons. The summed E-state index contributed by atoms with van der Waals surface area (Å²) in [6, 6.07) is 11.6. The molecular formula is C17H21N3O3. The number of aliphatic hydroxyl groups is 1. The van der Waals surface area contributed by atoms with Gasteiger partial charge in [-0.1, -0.05) is 39.0 Å². The zero-order valence-corrected chi connectivity index (χ0v) is 13.5. The van der Waals surface area contributed by atoms with Gasteiger partial charge in [-0.3, -0.25) is 9.59 Å². The van der Waals surface area contributed by atoms with Crippen LogP contribution in [0.1, 0.15) is 31.3 Å². The Labute approximate surface area is 134 Å². The Balaban J connectivity index is 2.18. The number of amides is 1. The average Bonchev–Trinajstić information content (AvgIpc) is 2.52. The van der Waals surface area contributed by atoms with E-state index in [0.717, 1.165) is 0 Å². The lowest BCUT2D eigenvalue weighted by atomic mass is 9.89. The number of hydrogen-bond donors (Lipinski definition) is 2. The molecule has 1 heterocycles. The molecule has 23 heavy (non-hydrogen) atoms. The molecule has 0 aliphatic heterocycles. The van der Waals surface area contributed by atoms with Gasteiger partial charge in [-0.25, -0.2) is 0 Å². The molecule has 2 aromatic rings. The van der Waals surface area contributed by atoms with Crippen molar-refractivity contribution in [2.75, 3.05) is 6.54 Å². The SMILES string of the molecule is CC(C)(C)C(O)CNC(=O)c1ccc(=O)n(-c2ccccc2)n1. The van der Waals surface area contributed by atoms with Gasteiger partial charge in [-0.2, -0.15) is 9.78 Å². The van der Waals surface area contributed by atoms with Crippen LogP contribution in [0.2, 0.25) is 0 Å². The number of rotatable bonds is 4. The van der Waals surface area contributed by atoms with Crippen molar-refractivity contribution in [3.63, 3.8) is 0 Å². The number of nitrogens with zero attached hydrogens (tertiary/aromatic N) is 2. The van der Waals surface area contributed by atoms with Gasteiger partial charge >= 0.3 is 0 Å². The molecule has 0 bridgehead atoms. The van der Waals surface area contributed by atoms with E-state index in [2.05, 4.69) is 10.4 Å². The van der Waals surface area contributed by atoms with E-state index in [1.54, 1.807) is 24.3 Å². The minimum atomic E-state index is -0.675. The highest BCUT2D eigenvalue weighted by molar-refractivity contribution is 5.92. The summed E-state index contributed by atoms with van der Waals surface area (Å²) < 4.78 is 1.18. The summed E-state index contributed by atoms with van der Waals surface area (Å²) in [4.78, 5) is 24.1. The zero-order chi connectivity index (χ0) is 17.0. The largest absolute Gasteiger partial charge is 0.391 e. The van der Waals surface area contributed by atoms with Crippen molar-refractivity contribution in [2.45, 2.75) is 26.9 Å². The molecule has 0 spiro atoms. The van der Waals surface area contributed by atoms with E-state index in [4.69, 9.17) is 0 Å². The Morgan fingerprint density at radius 3 is 2.48 bits per heavy atom. The summed E-state index contributed by atoms with van der Waals surface area (Å²) in [5.74, 6) is -0.432. The van der Waals surface area contributed by atoms with Gasteiger partial charge in [0.1, 0.15) is 5.69 Å². The number of carbonyl (C=O) groups excluding carboxylic acids is 1. The molecule has 0 fully saturated rings. The first-order valence-corrected chi connectivity index (χ1v) is 7.41. The second-order valence-electron chi connectivity index (χ2n) is 6.40. The molecule has 1 aromatic carbocycles. The van der Waals surface area contributed by atoms with Crippen molar-refractivity contribution in [3.8, 4) is 5.69 Å². The van der Waals surface area contributed by atoms with Crippen molar-refractivity contribution in [2.24, 2.45) is 5.41 Å². The number of para-hydroxylation sites is 1. The molecule has 1 amide bonds. The molecule has 1 aromatic heterocycles. The highest BCUT2D eigenvalue weighted by atomic mass is 16.3. The van der Waals surface area contributed by atoms with Gasteiger partial charge in [0.05, 0.1) is 11.8 Å². The van der Waals surface area contributed by atoms with Gasteiger partial charge in [-0.05, 0) is 23.6 Å². The van der Waals surface area contributed by atoms with Crippen molar-refractivity contribution in [3.05, 3.63) is 58.5 Å². The van der Waals surface area contributed by atoms with E-state index >= 15 is 0 Å². The van der Waals surface area contributed by atoms with Crippen LogP contribution in [0.5, 0.6) is 0 Å². The fourth-order valence-corrected chi connectivity index (χ4v) is 1.87. The molecule has 2 N–H and O–H groups in total. The Bertz CT molecular complexity index is 733. The summed E-state index contributed by atoms with van der Waals surface area (Å²) in [5, 5.41) is 16.7. The van der Waals surface area contributed by atoms with Crippen LogP contribution in [0, 0.1) is 5.41 Å². The number of aromatic nitrogens is 2. The van der Waals surface area contributed by atoms with Crippen LogP contribution in [0.3, 0.4) is 0 Å². The first kappa shape index (κ1) is 16.9. The Hall–Kier alpha value is -2.47. The molecule has 0 radical (unpaired) electrons. The summed E-state index contributed by atoms with van der Waals surface area (Å²) >= 11 is 0. The molecule has 2 rings (SSSR count). The fraction of sp³-hybridized carbons (Fsp3) is 0.353. The highest BCUT2D eigenvalue weighted by Crippen LogP contribution is 2.18. The maximum absolute atomic E-state index is 12.2. The van der Waals surface area contributed by atoms with Gasteiger partial charge in [0.25, 0.3) is 11.5 Å². The predicted octanol–water partition coefficient (Wildman–Crippen LogP) is 1.37. The van der Waals surface area contributed by atoms with Crippen LogP contribution in [0.4, 0.5) is 0 Å². The van der Waals surface area contributed by atoms with E-state index in [0.29, 0.717) is 5.69 Å². The van der Waals surface area contributed by atoms with E-state index in [1.807, 2.05) is 26.8 Å². The van der Waals surface area contributed by atoms with Gasteiger partial charge in [-0.15, -0.1) is 0 Å². The minimum Gasteiger partial charge on any atom is -0.391 e. The standard InChI is InChI=1S/C17H21N3O3/c1-17(2,3)14(21)11-18-16(23)13-9-10-15(22)20(19-13)12-7-5-4-6-8-12/h4-10,14,21H,11H2,1-3H3,(H,18,23). The van der Waals surface area contributed by atoms with E-state index in [1.165, 1.54) is 16.8 Å². The second kappa shape index (κ2) is 6.75. The third kappa shape index (κ3) is 4.26. The number of carbonyl (C=O) groups is 1. The second-order valence-corrected chi connectivity index (χ2v) is 6.40. The Morgan fingerprint density at radius 1 is 1.22 bits per heavy atom. The quantitative estimate of drug-likeness (QED) is 0.892. The fourth-order valence-electron chi connectivity index (χ4n) is 1.87. The lowest BCUT2D eigenvalue weighted by Gasteiger charge is -2.25. The van der Waals surface area contributed by atoms with Crippen molar-refractivity contribution in [1.29, 1.82) is 0 Å². The van der Waals surface area contributed by atoms with Gasteiger partial charge in [0.2, 0.25) is 0 Å². The van der Waals surface area contributed by atoms with E-state index in [9.17, 15) is 14.7 Å². The van der Waals surface area contributed by atoms with Crippen molar-refractivity contribution < 1.29 is 9.90 Å². The Kier molecular flexibility index (Phi) is 4.95. The van der Waals surface area contributed by atoms with Gasteiger partial charge in [0, 0.05) is 12.6 Å². The molecule has 0 aliphatic carbocycles. The summed E-state index contributed by atoms with van der Waals surface area (Å²) in [5.41, 5.74) is 0.0581. The van der Waals surface area contributed by atoms with E-state index < -0.39 is 12.0 Å². The van der Waals surface area contributed by atoms with Gasteiger partial charge in [0.15, 0.2) is 0 Å². The van der Waals surface area contributed by atoms with Crippen LogP contribution in [-0.2, 0) is 0 Å². The third-order valence-electron chi connectivity index (χ3n) is 3.49. The molecule has 1 unspecified atom stereocenters. The first-order chi connectivity index (χ1) is 10.8. The summed E-state index contributed by atoms with van der Waals surface area (Å²) in [6.07, 6.45) is -0.675. The highest BCUT2D eigenvalue weighted by Gasteiger charge is 2.23. The zero-order valence-electron chi connectivity index (χ0n) is 13.5. The molecule has 0 saturated carbocycles. The molecular weight excluding hydrogens is 294 g/mol. The normalized spacial score (nSPS) is 12.7.